The van der Waals surface area contributed by atoms with Crippen LogP contribution in [0.3, 0.4) is 0 Å². The van der Waals surface area contributed by atoms with Crippen LogP contribution in [0.15, 0.2) is 22.7 Å². The Morgan fingerprint density at radius 2 is 2.29 bits per heavy atom. The first-order chi connectivity index (χ1) is 10.2. The molecule has 3 nitrogen and oxygen atoms in total. The molecule has 1 aromatic carbocycles. The number of rotatable bonds is 7. The summed E-state index contributed by atoms with van der Waals surface area (Å²) in [6.07, 6.45) is 2.39. The van der Waals surface area contributed by atoms with Gasteiger partial charge in [-0.15, -0.1) is 0 Å². The van der Waals surface area contributed by atoms with Crippen molar-refractivity contribution in [2.24, 2.45) is 5.92 Å². The first-order valence-corrected chi connectivity index (χ1v) is 8.71. The lowest BCUT2D eigenvalue weighted by molar-refractivity contribution is 0.161. The monoisotopic (exact) mass is 354 g/mol. The van der Waals surface area contributed by atoms with E-state index >= 15 is 0 Å². The first-order valence-electron chi connectivity index (χ1n) is 7.92. The number of anilines is 1. The molecular weight excluding hydrogens is 328 g/mol. The van der Waals surface area contributed by atoms with Gasteiger partial charge in [-0.05, 0) is 44.0 Å². The minimum Gasteiger partial charge on any atom is -0.384 e. The summed E-state index contributed by atoms with van der Waals surface area (Å²) in [6, 6.07) is 7.14. The third-order valence-electron chi connectivity index (χ3n) is 4.20. The smallest absolute Gasteiger partial charge is 0.0508 e. The Kier molecular flexibility index (Phi) is 6.52. The van der Waals surface area contributed by atoms with Gasteiger partial charge < -0.3 is 15.0 Å². The van der Waals surface area contributed by atoms with Crippen molar-refractivity contribution in [3.8, 4) is 0 Å². The zero-order chi connectivity index (χ0) is 15.2. The van der Waals surface area contributed by atoms with Crippen LogP contribution in [0.2, 0.25) is 0 Å². The van der Waals surface area contributed by atoms with Gasteiger partial charge in [0.15, 0.2) is 0 Å². The van der Waals surface area contributed by atoms with E-state index in [0.29, 0.717) is 12.0 Å². The first kappa shape index (κ1) is 16.8. The molecule has 0 bridgehead atoms. The van der Waals surface area contributed by atoms with Crippen LogP contribution < -0.4 is 10.2 Å². The fraction of sp³-hybridized carbons (Fsp3) is 0.647. The van der Waals surface area contributed by atoms with E-state index in [1.165, 1.54) is 22.1 Å². The molecule has 1 saturated heterocycles. The molecule has 1 fully saturated rings. The molecule has 1 aliphatic rings. The summed E-state index contributed by atoms with van der Waals surface area (Å²) in [5, 5.41) is 3.54. The van der Waals surface area contributed by atoms with Crippen molar-refractivity contribution in [3.05, 3.63) is 28.2 Å². The Morgan fingerprint density at radius 3 is 2.95 bits per heavy atom. The second kappa shape index (κ2) is 8.16. The van der Waals surface area contributed by atoms with E-state index in [2.05, 4.69) is 58.2 Å². The van der Waals surface area contributed by atoms with Gasteiger partial charge in [-0.2, -0.15) is 0 Å². The zero-order valence-corrected chi connectivity index (χ0v) is 14.9. The lowest BCUT2D eigenvalue weighted by Gasteiger charge is -2.21. The van der Waals surface area contributed by atoms with Crippen molar-refractivity contribution >= 4 is 21.6 Å². The third kappa shape index (κ3) is 4.44. The highest BCUT2D eigenvalue weighted by Gasteiger charge is 2.23. The summed E-state index contributed by atoms with van der Waals surface area (Å²) in [5.41, 5.74) is 2.65. The summed E-state index contributed by atoms with van der Waals surface area (Å²) in [7, 11) is 1.79. The number of hydrogen-bond donors (Lipinski definition) is 1. The van der Waals surface area contributed by atoms with Gasteiger partial charge in [0.25, 0.3) is 0 Å². The molecule has 0 saturated carbocycles. The Bertz CT molecular complexity index is 452. The standard InChI is InChI=1S/C17H27BrN2O/c1-4-8-19-13(2)16-6-5-15(10-17(16)18)20-9-7-14(11-20)12-21-3/h5-6,10,13-14,19H,4,7-9,11-12H2,1-3H3. The maximum atomic E-state index is 5.28. The number of benzene rings is 1. The molecule has 2 rings (SSSR count). The van der Waals surface area contributed by atoms with Crippen molar-refractivity contribution in [1.29, 1.82) is 0 Å². The molecule has 21 heavy (non-hydrogen) atoms. The van der Waals surface area contributed by atoms with Crippen LogP contribution in [-0.4, -0.2) is 33.4 Å². The van der Waals surface area contributed by atoms with E-state index in [4.69, 9.17) is 4.74 Å². The quantitative estimate of drug-likeness (QED) is 0.801. The fourth-order valence-electron chi connectivity index (χ4n) is 2.97. The van der Waals surface area contributed by atoms with E-state index < -0.39 is 0 Å². The summed E-state index contributed by atoms with van der Waals surface area (Å²) < 4.78 is 6.48. The van der Waals surface area contributed by atoms with Gasteiger partial charge in [0.1, 0.15) is 0 Å². The zero-order valence-electron chi connectivity index (χ0n) is 13.4. The van der Waals surface area contributed by atoms with E-state index in [-0.39, 0.29) is 0 Å². The predicted octanol–water partition coefficient (Wildman–Crippen LogP) is 3.98. The molecule has 1 aliphatic heterocycles. The average Bonchev–Trinajstić information content (AvgIpc) is 2.93. The molecule has 4 heteroatoms. The molecule has 0 spiro atoms. The highest BCUT2D eigenvalue weighted by Crippen LogP contribution is 2.31. The summed E-state index contributed by atoms with van der Waals surface area (Å²) >= 11 is 3.74. The summed E-state index contributed by atoms with van der Waals surface area (Å²) in [5.74, 6) is 0.665. The van der Waals surface area contributed by atoms with E-state index in [0.717, 1.165) is 32.7 Å². The normalized spacial score (nSPS) is 20.0. The minimum atomic E-state index is 0.383. The van der Waals surface area contributed by atoms with Gasteiger partial charge >= 0.3 is 0 Å². The van der Waals surface area contributed by atoms with Crippen LogP contribution in [0.25, 0.3) is 0 Å². The van der Waals surface area contributed by atoms with Gasteiger partial charge in [-0.25, -0.2) is 0 Å². The number of methoxy groups -OCH3 is 1. The van der Waals surface area contributed by atoms with E-state index in [9.17, 15) is 0 Å². The van der Waals surface area contributed by atoms with Gasteiger partial charge in [0, 0.05) is 42.3 Å². The molecule has 2 atom stereocenters. The molecule has 0 aromatic heterocycles. The Morgan fingerprint density at radius 1 is 1.48 bits per heavy atom. The van der Waals surface area contributed by atoms with Crippen molar-refractivity contribution < 1.29 is 4.74 Å². The molecule has 2 unspecified atom stereocenters. The SMILES string of the molecule is CCCNC(C)c1ccc(N2CCC(COC)C2)cc1Br. The third-order valence-corrected chi connectivity index (χ3v) is 4.89. The Labute approximate surface area is 137 Å². The molecule has 0 amide bonds. The van der Waals surface area contributed by atoms with Gasteiger partial charge in [0.05, 0.1) is 6.61 Å². The largest absolute Gasteiger partial charge is 0.384 e. The number of halogens is 1. The van der Waals surface area contributed by atoms with Crippen LogP contribution in [0.1, 0.15) is 38.3 Å². The lowest BCUT2D eigenvalue weighted by atomic mass is 10.1. The van der Waals surface area contributed by atoms with E-state index in [1.807, 2.05) is 0 Å². The minimum absolute atomic E-state index is 0.383. The molecule has 1 N–H and O–H groups in total. The highest BCUT2D eigenvalue weighted by atomic mass is 79.9. The van der Waals surface area contributed by atoms with Gasteiger partial charge in [0.2, 0.25) is 0 Å². The number of hydrogen-bond acceptors (Lipinski definition) is 3. The summed E-state index contributed by atoms with van der Waals surface area (Å²) in [6.45, 7) is 8.57. The average molecular weight is 355 g/mol. The predicted molar refractivity (Wildman–Crippen MR) is 93.0 cm³/mol. The van der Waals surface area contributed by atoms with Gasteiger partial charge in [-0.1, -0.05) is 28.9 Å². The Balaban J connectivity index is 2.02. The Hall–Kier alpha value is -0.580. The van der Waals surface area contributed by atoms with Gasteiger partial charge in [-0.3, -0.25) is 0 Å². The lowest BCUT2D eigenvalue weighted by Crippen LogP contribution is -2.22. The molecule has 0 radical (unpaired) electrons. The number of ether oxygens (including phenoxy) is 1. The van der Waals surface area contributed by atoms with Crippen molar-refractivity contribution in [3.63, 3.8) is 0 Å². The maximum Gasteiger partial charge on any atom is 0.0508 e. The number of nitrogens with one attached hydrogen (secondary N) is 1. The van der Waals surface area contributed by atoms with Crippen molar-refractivity contribution in [1.82, 2.24) is 5.32 Å². The van der Waals surface area contributed by atoms with Crippen molar-refractivity contribution in [2.45, 2.75) is 32.7 Å². The molecule has 118 valence electrons. The highest BCUT2D eigenvalue weighted by molar-refractivity contribution is 9.10. The van der Waals surface area contributed by atoms with E-state index in [1.54, 1.807) is 7.11 Å². The second-order valence-corrected chi connectivity index (χ2v) is 6.79. The summed E-state index contributed by atoms with van der Waals surface area (Å²) in [4.78, 5) is 2.46. The topological polar surface area (TPSA) is 24.5 Å². The molecular formula is C17H27BrN2O. The van der Waals surface area contributed by atoms with Crippen LogP contribution in [0, 0.1) is 5.92 Å². The van der Waals surface area contributed by atoms with Crippen LogP contribution >= 0.6 is 15.9 Å². The fourth-order valence-corrected chi connectivity index (χ4v) is 3.68. The van der Waals surface area contributed by atoms with Crippen LogP contribution in [0.5, 0.6) is 0 Å². The number of nitrogens with zero attached hydrogens (tertiary/aromatic N) is 1. The maximum absolute atomic E-state index is 5.28. The second-order valence-electron chi connectivity index (χ2n) is 5.94. The molecule has 0 aliphatic carbocycles. The van der Waals surface area contributed by atoms with Crippen LogP contribution in [-0.2, 0) is 4.74 Å². The molecule has 1 heterocycles. The van der Waals surface area contributed by atoms with Crippen LogP contribution in [0.4, 0.5) is 5.69 Å². The van der Waals surface area contributed by atoms with Crippen molar-refractivity contribution in [2.75, 3.05) is 38.3 Å². The molecule has 1 aromatic rings.